The second kappa shape index (κ2) is 2.38. The van der Waals surface area contributed by atoms with Gasteiger partial charge in [0.1, 0.15) is 0 Å². The Morgan fingerprint density at radius 1 is 1.38 bits per heavy atom. The first-order chi connectivity index (χ1) is 3.79. The van der Waals surface area contributed by atoms with E-state index in [-0.39, 0.29) is 0 Å². The first-order valence-electron chi connectivity index (χ1n) is 2.12. The molecular weight excluding hydrogens is 143 g/mol. The number of hydrogen-bond donors (Lipinski definition) is 0. The molecule has 0 saturated heterocycles. The smallest absolute Gasteiger partial charge is 0.0499 e. The quantitative estimate of drug-likeness (QED) is 0.527. The molecule has 0 bridgehead atoms. The van der Waals surface area contributed by atoms with Gasteiger partial charge in [-0.25, -0.2) is 0 Å². The van der Waals surface area contributed by atoms with Gasteiger partial charge < -0.3 is 0 Å². The van der Waals surface area contributed by atoms with E-state index in [2.05, 4.69) is 6.07 Å². The minimum atomic E-state index is 0.553. The standard InChI is InChI=1S/C6H3Cl2/c7-5-2-1-3-6(8)4-5/h1-2,4H. The van der Waals surface area contributed by atoms with Crippen molar-refractivity contribution in [3.63, 3.8) is 0 Å². The lowest BCUT2D eigenvalue weighted by Crippen LogP contribution is -1.62. The Kier molecular flexibility index (Phi) is 1.77. The molecule has 0 saturated carbocycles. The molecule has 0 atom stereocenters. The number of hydrogen-bond acceptors (Lipinski definition) is 0. The first kappa shape index (κ1) is 5.93. The lowest BCUT2D eigenvalue weighted by molar-refractivity contribution is 1.69. The number of halogens is 2. The molecule has 1 aromatic rings. The van der Waals surface area contributed by atoms with Gasteiger partial charge in [0.2, 0.25) is 0 Å². The zero-order valence-electron chi connectivity index (χ0n) is 3.99. The van der Waals surface area contributed by atoms with Crippen LogP contribution in [0.5, 0.6) is 0 Å². The van der Waals surface area contributed by atoms with Gasteiger partial charge in [-0.3, -0.25) is 0 Å². The van der Waals surface area contributed by atoms with Crippen molar-refractivity contribution in [1.29, 1.82) is 0 Å². The number of rotatable bonds is 0. The second-order valence-corrected chi connectivity index (χ2v) is 2.20. The first-order valence-corrected chi connectivity index (χ1v) is 2.87. The third-order valence-corrected chi connectivity index (χ3v) is 1.18. The largest absolute Gasteiger partial charge is 0.0843 e. The van der Waals surface area contributed by atoms with Crippen LogP contribution in [0.15, 0.2) is 18.2 Å². The Balaban J connectivity index is 3.08. The van der Waals surface area contributed by atoms with E-state index in [4.69, 9.17) is 23.2 Å². The van der Waals surface area contributed by atoms with Crippen molar-refractivity contribution in [3.05, 3.63) is 34.3 Å². The highest BCUT2D eigenvalue weighted by Crippen LogP contribution is 2.13. The zero-order chi connectivity index (χ0) is 5.98. The fourth-order valence-corrected chi connectivity index (χ4v) is 0.820. The highest BCUT2D eigenvalue weighted by atomic mass is 35.5. The Hall–Kier alpha value is -0.200. The summed E-state index contributed by atoms with van der Waals surface area (Å²) in [7, 11) is 0. The summed E-state index contributed by atoms with van der Waals surface area (Å²) in [6, 6.07) is 7.81. The summed E-state index contributed by atoms with van der Waals surface area (Å²) in [5.74, 6) is 0. The summed E-state index contributed by atoms with van der Waals surface area (Å²) in [6.07, 6.45) is 0. The monoisotopic (exact) mass is 145 g/mol. The van der Waals surface area contributed by atoms with Gasteiger partial charge in [-0.05, 0) is 12.1 Å². The van der Waals surface area contributed by atoms with Crippen molar-refractivity contribution in [1.82, 2.24) is 0 Å². The predicted molar refractivity (Wildman–Crippen MR) is 35.3 cm³/mol. The second-order valence-electron chi connectivity index (χ2n) is 1.35. The Bertz CT molecular complexity index is 166. The van der Waals surface area contributed by atoms with E-state index in [9.17, 15) is 0 Å². The summed E-state index contributed by atoms with van der Waals surface area (Å²) < 4.78 is 0. The van der Waals surface area contributed by atoms with Crippen molar-refractivity contribution in [2.75, 3.05) is 0 Å². The molecule has 0 heterocycles. The SMILES string of the molecule is Clc1[c]ccc(Cl)c1. The predicted octanol–water partition coefficient (Wildman–Crippen LogP) is 2.79. The van der Waals surface area contributed by atoms with Crippen LogP contribution in [0, 0.1) is 6.07 Å². The van der Waals surface area contributed by atoms with Crippen LogP contribution in [0.2, 0.25) is 10.0 Å². The molecule has 0 N–H and O–H groups in total. The van der Waals surface area contributed by atoms with Crippen LogP contribution >= 0.6 is 23.2 Å². The maximum Gasteiger partial charge on any atom is 0.0499 e. The van der Waals surface area contributed by atoms with Crippen molar-refractivity contribution in [3.8, 4) is 0 Å². The summed E-state index contributed by atoms with van der Waals surface area (Å²) in [4.78, 5) is 0. The maximum atomic E-state index is 5.54. The summed E-state index contributed by atoms with van der Waals surface area (Å²) in [6.45, 7) is 0. The summed E-state index contributed by atoms with van der Waals surface area (Å²) in [5.41, 5.74) is 0. The van der Waals surface area contributed by atoms with Crippen LogP contribution in [0.25, 0.3) is 0 Å². The molecule has 0 fully saturated rings. The number of benzene rings is 1. The van der Waals surface area contributed by atoms with Crippen LogP contribution in [0.1, 0.15) is 0 Å². The molecule has 0 unspecified atom stereocenters. The van der Waals surface area contributed by atoms with Gasteiger partial charge in [-0.15, -0.1) is 0 Å². The molecule has 0 aliphatic carbocycles. The van der Waals surface area contributed by atoms with E-state index >= 15 is 0 Å². The van der Waals surface area contributed by atoms with Crippen molar-refractivity contribution < 1.29 is 0 Å². The molecule has 0 aromatic heterocycles. The molecule has 0 spiro atoms. The molecule has 2 heteroatoms. The Labute approximate surface area is 58.0 Å². The zero-order valence-corrected chi connectivity index (χ0v) is 5.50. The van der Waals surface area contributed by atoms with Crippen LogP contribution in [-0.2, 0) is 0 Å². The van der Waals surface area contributed by atoms with E-state index < -0.39 is 0 Å². The minimum Gasteiger partial charge on any atom is -0.0843 e. The van der Waals surface area contributed by atoms with Gasteiger partial charge in [-0.2, -0.15) is 0 Å². The van der Waals surface area contributed by atoms with Gasteiger partial charge in [0.25, 0.3) is 0 Å². The molecule has 1 radical (unpaired) electrons. The highest BCUT2D eigenvalue weighted by molar-refractivity contribution is 6.34. The van der Waals surface area contributed by atoms with Crippen LogP contribution in [0.4, 0.5) is 0 Å². The fourth-order valence-electron chi connectivity index (χ4n) is 0.412. The van der Waals surface area contributed by atoms with Gasteiger partial charge in [0, 0.05) is 16.1 Å². The topological polar surface area (TPSA) is 0 Å². The van der Waals surface area contributed by atoms with Crippen LogP contribution in [0.3, 0.4) is 0 Å². The highest BCUT2D eigenvalue weighted by Gasteiger charge is 1.85. The lowest BCUT2D eigenvalue weighted by Gasteiger charge is -1.85. The Morgan fingerprint density at radius 2 is 2.12 bits per heavy atom. The average molecular weight is 146 g/mol. The van der Waals surface area contributed by atoms with Crippen molar-refractivity contribution in [2.45, 2.75) is 0 Å². The van der Waals surface area contributed by atoms with E-state index in [1.807, 2.05) is 0 Å². The summed E-state index contributed by atoms with van der Waals surface area (Å²) >= 11 is 11.0. The molecule has 0 aliphatic rings. The van der Waals surface area contributed by atoms with Gasteiger partial charge in [-0.1, -0.05) is 29.3 Å². The molecule has 0 amide bonds. The van der Waals surface area contributed by atoms with Gasteiger partial charge in [0.05, 0.1) is 0 Å². The van der Waals surface area contributed by atoms with Crippen LogP contribution < -0.4 is 0 Å². The molecule has 41 valence electrons. The molecule has 8 heavy (non-hydrogen) atoms. The lowest BCUT2D eigenvalue weighted by atomic mass is 10.4. The fraction of sp³-hybridized carbons (Fsp3) is 0. The van der Waals surface area contributed by atoms with E-state index in [0.29, 0.717) is 10.0 Å². The average Bonchev–Trinajstić information content (AvgIpc) is 1.64. The normalized spacial score (nSPS) is 9.25. The molecule has 0 nitrogen and oxygen atoms in total. The van der Waals surface area contributed by atoms with E-state index in [0.717, 1.165) is 0 Å². The molecular formula is C6H3Cl2. The minimum absolute atomic E-state index is 0.553. The van der Waals surface area contributed by atoms with Crippen LogP contribution in [-0.4, -0.2) is 0 Å². The van der Waals surface area contributed by atoms with Gasteiger partial charge >= 0.3 is 0 Å². The van der Waals surface area contributed by atoms with Crippen molar-refractivity contribution in [2.24, 2.45) is 0 Å². The third kappa shape index (κ3) is 1.39. The molecule has 0 aliphatic heterocycles. The van der Waals surface area contributed by atoms with Gasteiger partial charge in [0.15, 0.2) is 0 Å². The van der Waals surface area contributed by atoms with E-state index in [1.165, 1.54) is 0 Å². The molecule has 1 aromatic carbocycles. The third-order valence-electron chi connectivity index (χ3n) is 0.728. The van der Waals surface area contributed by atoms with Crippen molar-refractivity contribution >= 4 is 23.2 Å². The maximum absolute atomic E-state index is 5.54. The van der Waals surface area contributed by atoms with E-state index in [1.54, 1.807) is 18.2 Å². The summed E-state index contributed by atoms with van der Waals surface area (Å²) in [5, 5.41) is 1.20. The Morgan fingerprint density at radius 3 is 2.50 bits per heavy atom. The molecule has 1 rings (SSSR count).